The molecule has 0 amide bonds. The van der Waals surface area contributed by atoms with Crippen LogP contribution in [0.4, 0.5) is 11.8 Å². The van der Waals surface area contributed by atoms with Gasteiger partial charge in [0.05, 0.1) is 0 Å². The largest absolute Gasteiger partial charge is 0.366 e. The average molecular weight is 291 g/mol. The lowest BCUT2D eigenvalue weighted by atomic mass is 10.2. The van der Waals surface area contributed by atoms with Gasteiger partial charge in [0, 0.05) is 23.8 Å². The van der Waals surface area contributed by atoms with Gasteiger partial charge in [0.15, 0.2) is 0 Å². The summed E-state index contributed by atoms with van der Waals surface area (Å²) in [5, 5.41) is 7.27. The zero-order chi connectivity index (χ0) is 14.4. The second-order valence-corrected chi connectivity index (χ2v) is 5.07. The third-order valence-electron chi connectivity index (χ3n) is 3.06. The summed E-state index contributed by atoms with van der Waals surface area (Å²) < 4.78 is 0. The quantitative estimate of drug-likeness (QED) is 0.846. The summed E-state index contributed by atoms with van der Waals surface area (Å²) in [7, 11) is 0. The second-order valence-electron chi connectivity index (χ2n) is 4.66. The maximum Gasteiger partial charge on any atom is 0.224 e. The molecule has 1 unspecified atom stereocenters. The van der Waals surface area contributed by atoms with Gasteiger partial charge in [-0.3, -0.25) is 0 Å². The number of hydrogen-bond acceptors (Lipinski definition) is 4. The lowest BCUT2D eigenvalue weighted by Gasteiger charge is -2.12. The number of benzene rings is 1. The Morgan fingerprint density at radius 1 is 1.25 bits per heavy atom. The SMILES string of the molecule is CCC(C)Nc1nccc(NCc2ccccc2Cl)n1. The fourth-order valence-corrected chi connectivity index (χ4v) is 1.88. The van der Waals surface area contributed by atoms with Gasteiger partial charge in [0.2, 0.25) is 5.95 Å². The van der Waals surface area contributed by atoms with Crippen LogP contribution in [0.25, 0.3) is 0 Å². The molecule has 2 N–H and O–H groups in total. The molecule has 4 nitrogen and oxygen atoms in total. The van der Waals surface area contributed by atoms with Gasteiger partial charge in [-0.05, 0) is 31.0 Å². The zero-order valence-corrected chi connectivity index (χ0v) is 12.5. The van der Waals surface area contributed by atoms with Crippen molar-refractivity contribution in [2.75, 3.05) is 10.6 Å². The summed E-state index contributed by atoms with van der Waals surface area (Å²) >= 11 is 6.12. The molecule has 0 saturated carbocycles. The summed E-state index contributed by atoms with van der Waals surface area (Å²) in [4.78, 5) is 8.64. The molecule has 20 heavy (non-hydrogen) atoms. The van der Waals surface area contributed by atoms with Crippen LogP contribution < -0.4 is 10.6 Å². The Balaban J connectivity index is 2.00. The third-order valence-corrected chi connectivity index (χ3v) is 3.43. The molecule has 0 bridgehead atoms. The topological polar surface area (TPSA) is 49.8 Å². The van der Waals surface area contributed by atoms with Crippen LogP contribution >= 0.6 is 11.6 Å². The molecule has 0 radical (unpaired) electrons. The monoisotopic (exact) mass is 290 g/mol. The number of nitrogens with zero attached hydrogens (tertiary/aromatic N) is 2. The van der Waals surface area contributed by atoms with Gasteiger partial charge >= 0.3 is 0 Å². The fraction of sp³-hybridized carbons (Fsp3) is 0.333. The zero-order valence-electron chi connectivity index (χ0n) is 11.7. The van der Waals surface area contributed by atoms with E-state index in [1.807, 2.05) is 30.3 Å². The van der Waals surface area contributed by atoms with Crippen LogP contribution in [-0.4, -0.2) is 16.0 Å². The van der Waals surface area contributed by atoms with E-state index < -0.39 is 0 Å². The molecule has 5 heteroatoms. The lowest BCUT2D eigenvalue weighted by molar-refractivity contribution is 0.753. The number of halogens is 1. The van der Waals surface area contributed by atoms with E-state index in [4.69, 9.17) is 11.6 Å². The Morgan fingerprint density at radius 3 is 2.80 bits per heavy atom. The number of hydrogen-bond donors (Lipinski definition) is 2. The Labute approximate surface area is 124 Å². The highest BCUT2D eigenvalue weighted by Gasteiger charge is 2.03. The van der Waals surface area contributed by atoms with Gasteiger partial charge in [0.25, 0.3) is 0 Å². The van der Waals surface area contributed by atoms with Crippen LogP contribution in [0, 0.1) is 0 Å². The lowest BCUT2D eigenvalue weighted by Crippen LogP contribution is -2.16. The van der Waals surface area contributed by atoms with Gasteiger partial charge in [-0.25, -0.2) is 4.98 Å². The first-order chi connectivity index (χ1) is 9.69. The van der Waals surface area contributed by atoms with Crippen molar-refractivity contribution in [3.63, 3.8) is 0 Å². The smallest absolute Gasteiger partial charge is 0.224 e. The summed E-state index contributed by atoms with van der Waals surface area (Å²) in [6.07, 6.45) is 2.77. The van der Waals surface area contributed by atoms with Crippen molar-refractivity contribution < 1.29 is 0 Å². The van der Waals surface area contributed by atoms with Gasteiger partial charge < -0.3 is 10.6 Å². The standard InChI is InChI=1S/C15H19ClN4/c1-3-11(2)19-15-17-9-8-14(20-15)18-10-12-6-4-5-7-13(12)16/h4-9,11H,3,10H2,1-2H3,(H2,17,18,19,20). The van der Waals surface area contributed by atoms with Gasteiger partial charge in [-0.15, -0.1) is 0 Å². The van der Waals surface area contributed by atoms with Crippen LogP contribution in [0.15, 0.2) is 36.5 Å². The van der Waals surface area contributed by atoms with E-state index in [0.717, 1.165) is 22.8 Å². The number of nitrogens with one attached hydrogen (secondary N) is 2. The maximum atomic E-state index is 6.12. The predicted octanol–water partition coefficient (Wildman–Crippen LogP) is 3.95. The third kappa shape index (κ3) is 4.10. The van der Waals surface area contributed by atoms with Crippen LogP contribution in [0.3, 0.4) is 0 Å². The molecule has 2 rings (SSSR count). The number of aromatic nitrogens is 2. The first-order valence-electron chi connectivity index (χ1n) is 6.76. The molecule has 1 atom stereocenters. The van der Waals surface area contributed by atoms with Crippen molar-refractivity contribution in [2.24, 2.45) is 0 Å². The van der Waals surface area contributed by atoms with Crippen LogP contribution in [0.1, 0.15) is 25.8 Å². The number of rotatable bonds is 6. The normalized spacial score (nSPS) is 11.9. The Kier molecular flexibility index (Phi) is 5.18. The van der Waals surface area contributed by atoms with Crippen LogP contribution in [0.2, 0.25) is 5.02 Å². The molecule has 0 saturated heterocycles. The molecular formula is C15H19ClN4. The van der Waals surface area contributed by atoms with E-state index in [9.17, 15) is 0 Å². The second kappa shape index (κ2) is 7.10. The Hall–Kier alpha value is -1.81. The maximum absolute atomic E-state index is 6.12. The van der Waals surface area contributed by atoms with E-state index >= 15 is 0 Å². The predicted molar refractivity (Wildman–Crippen MR) is 84.2 cm³/mol. The Morgan fingerprint density at radius 2 is 2.05 bits per heavy atom. The van der Waals surface area contributed by atoms with Gasteiger partial charge in [0.1, 0.15) is 5.82 Å². The van der Waals surface area contributed by atoms with Crippen molar-refractivity contribution in [1.82, 2.24) is 9.97 Å². The molecule has 1 heterocycles. The number of anilines is 2. The summed E-state index contributed by atoms with van der Waals surface area (Å²) in [5.74, 6) is 1.43. The first-order valence-corrected chi connectivity index (χ1v) is 7.13. The van der Waals surface area contributed by atoms with E-state index in [1.165, 1.54) is 0 Å². The van der Waals surface area contributed by atoms with Crippen molar-refractivity contribution in [2.45, 2.75) is 32.9 Å². The highest BCUT2D eigenvalue weighted by Crippen LogP contribution is 2.16. The molecule has 0 spiro atoms. The minimum Gasteiger partial charge on any atom is -0.366 e. The summed E-state index contributed by atoms with van der Waals surface area (Å²) in [6, 6.07) is 9.97. The highest BCUT2D eigenvalue weighted by molar-refractivity contribution is 6.31. The van der Waals surface area contributed by atoms with Crippen molar-refractivity contribution in [3.05, 3.63) is 47.1 Å². The fourth-order valence-electron chi connectivity index (χ4n) is 1.68. The summed E-state index contributed by atoms with van der Waals surface area (Å²) in [5.41, 5.74) is 1.05. The van der Waals surface area contributed by atoms with Crippen molar-refractivity contribution in [3.8, 4) is 0 Å². The highest BCUT2D eigenvalue weighted by atomic mass is 35.5. The Bertz CT molecular complexity index is 559. The van der Waals surface area contributed by atoms with Crippen molar-refractivity contribution >= 4 is 23.4 Å². The van der Waals surface area contributed by atoms with Crippen molar-refractivity contribution in [1.29, 1.82) is 0 Å². The van der Waals surface area contributed by atoms with E-state index in [-0.39, 0.29) is 0 Å². The van der Waals surface area contributed by atoms with Gasteiger partial charge in [-0.1, -0.05) is 36.7 Å². The molecule has 2 aromatic rings. The van der Waals surface area contributed by atoms with E-state index in [2.05, 4.69) is 34.4 Å². The molecule has 0 aliphatic carbocycles. The first kappa shape index (κ1) is 14.6. The van der Waals surface area contributed by atoms with Gasteiger partial charge in [-0.2, -0.15) is 4.98 Å². The van der Waals surface area contributed by atoms with E-state index in [0.29, 0.717) is 18.5 Å². The molecule has 1 aromatic heterocycles. The molecule has 1 aromatic carbocycles. The average Bonchev–Trinajstić information content (AvgIpc) is 2.47. The van der Waals surface area contributed by atoms with Crippen LogP contribution in [0.5, 0.6) is 0 Å². The van der Waals surface area contributed by atoms with E-state index in [1.54, 1.807) is 6.20 Å². The minimum atomic E-state index is 0.355. The van der Waals surface area contributed by atoms with Crippen LogP contribution in [-0.2, 0) is 6.54 Å². The molecule has 106 valence electrons. The molecule has 0 aliphatic rings. The summed E-state index contributed by atoms with van der Waals surface area (Å²) in [6.45, 7) is 4.86. The minimum absolute atomic E-state index is 0.355. The molecule has 0 aliphatic heterocycles. The molecule has 0 fully saturated rings. The molecular weight excluding hydrogens is 272 g/mol.